The number of benzene rings is 1. The average molecular weight is 251 g/mol. The Hall–Kier alpha value is -1.95. The summed E-state index contributed by atoms with van der Waals surface area (Å²) in [7, 11) is 2.94. The van der Waals surface area contributed by atoms with Gasteiger partial charge in [0.25, 0.3) is 0 Å². The first kappa shape index (κ1) is 12.5. The molecule has 1 atom stereocenters. The highest BCUT2D eigenvalue weighted by Crippen LogP contribution is 2.35. The van der Waals surface area contributed by atoms with Gasteiger partial charge in [0.05, 0.1) is 12.8 Å². The largest absolute Gasteiger partial charge is 0.488 e. The maximum Gasteiger partial charge on any atom is 0.359 e. The lowest BCUT2D eigenvalue weighted by Crippen LogP contribution is -2.39. The van der Waals surface area contributed by atoms with Crippen LogP contribution in [0.25, 0.3) is 0 Å². The van der Waals surface area contributed by atoms with Gasteiger partial charge in [-0.15, -0.1) is 0 Å². The van der Waals surface area contributed by atoms with Gasteiger partial charge < -0.3 is 4.74 Å². The van der Waals surface area contributed by atoms with Crippen LogP contribution in [0, 0.1) is 0 Å². The third kappa shape index (κ3) is 2.48. The molecule has 1 aliphatic rings. The van der Waals surface area contributed by atoms with Crippen molar-refractivity contribution in [2.75, 3.05) is 19.6 Å². The molecule has 0 radical (unpaired) electrons. The summed E-state index contributed by atoms with van der Waals surface area (Å²) in [6, 6.07) is 5.41. The Labute approximate surface area is 106 Å². The fourth-order valence-corrected chi connectivity index (χ4v) is 1.82. The molecule has 6 heteroatoms. The minimum Gasteiger partial charge on any atom is -0.488 e. The number of fused-ring (bicyclic) bond motifs is 1. The van der Waals surface area contributed by atoms with Crippen LogP contribution in [-0.4, -0.2) is 31.4 Å². The molecule has 1 unspecified atom stereocenters. The molecule has 1 aliphatic heterocycles. The summed E-state index contributed by atoms with van der Waals surface area (Å²) in [6.45, 7) is 2.01. The number of ether oxygens (including phenoxy) is 1. The van der Waals surface area contributed by atoms with Crippen molar-refractivity contribution in [3.05, 3.63) is 23.8 Å². The van der Waals surface area contributed by atoms with E-state index in [1.54, 1.807) is 0 Å². The lowest BCUT2D eigenvalue weighted by molar-refractivity contribution is -0.0641. The Kier molecular flexibility index (Phi) is 3.57. The van der Waals surface area contributed by atoms with Gasteiger partial charge in [-0.25, -0.2) is 15.3 Å². The molecule has 1 aromatic rings. The minimum atomic E-state index is -0.388. The number of nitrogens with zero attached hydrogens (tertiary/aromatic N) is 1. The second-order valence-corrected chi connectivity index (χ2v) is 4.16. The van der Waals surface area contributed by atoms with Crippen molar-refractivity contribution in [3.63, 3.8) is 0 Å². The maximum absolute atomic E-state index is 11.5. The lowest BCUT2D eigenvalue weighted by Gasteiger charge is -2.17. The van der Waals surface area contributed by atoms with E-state index in [-0.39, 0.29) is 12.1 Å². The van der Waals surface area contributed by atoms with Crippen molar-refractivity contribution in [1.82, 2.24) is 10.5 Å². The van der Waals surface area contributed by atoms with Crippen molar-refractivity contribution >= 4 is 11.7 Å². The van der Waals surface area contributed by atoms with Gasteiger partial charge in [0.2, 0.25) is 0 Å². The van der Waals surface area contributed by atoms with Crippen LogP contribution in [0.1, 0.15) is 12.5 Å². The van der Waals surface area contributed by atoms with Crippen molar-refractivity contribution in [2.45, 2.75) is 19.4 Å². The van der Waals surface area contributed by atoms with Crippen LogP contribution in [0.5, 0.6) is 5.75 Å². The van der Waals surface area contributed by atoms with Crippen LogP contribution < -0.4 is 15.6 Å². The number of hydroxylamine groups is 2. The van der Waals surface area contributed by atoms with Crippen LogP contribution in [0.3, 0.4) is 0 Å². The molecule has 1 aromatic carbocycles. The van der Waals surface area contributed by atoms with E-state index in [0.29, 0.717) is 0 Å². The summed E-state index contributed by atoms with van der Waals surface area (Å²) in [5.41, 5.74) is 7.25. The normalized spacial score (nSPS) is 16.7. The van der Waals surface area contributed by atoms with E-state index in [9.17, 15) is 4.79 Å². The Balaban J connectivity index is 2.03. The van der Waals surface area contributed by atoms with Gasteiger partial charge in [0.1, 0.15) is 11.9 Å². The molecular weight excluding hydrogens is 234 g/mol. The summed E-state index contributed by atoms with van der Waals surface area (Å²) in [6.07, 6.45) is 1.05. The van der Waals surface area contributed by atoms with Gasteiger partial charge in [0, 0.05) is 19.0 Å². The zero-order valence-electron chi connectivity index (χ0n) is 10.7. The number of rotatable bonds is 3. The highest BCUT2D eigenvalue weighted by molar-refractivity contribution is 5.75. The molecule has 0 aromatic heterocycles. The zero-order chi connectivity index (χ0) is 13.1. The van der Waals surface area contributed by atoms with Gasteiger partial charge in [0.15, 0.2) is 0 Å². The van der Waals surface area contributed by atoms with Crippen molar-refractivity contribution in [3.8, 4) is 5.75 Å². The second-order valence-electron chi connectivity index (χ2n) is 4.16. The van der Waals surface area contributed by atoms with Gasteiger partial charge in [-0.05, 0) is 13.0 Å². The van der Waals surface area contributed by atoms with Crippen LogP contribution in [-0.2, 0) is 11.3 Å². The average Bonchev–Trinajstić information content (AvgIpc) is 2.75. The monoisotopic (exact) mass is 251 g/mol. The molecule has 6 nitrogen and oxygen atoms in total. The second kappa shape index (κ2) is 5.14. The summed E-state index contributed by atoms with van der Waals surface area (Å²) in [5.74, 6) is 0.797. The molecule has 0 bridgehead atoms. The lowest BCUT2D eigenvalue weighted by atomic mass is 10.1. The molecule has 2 rings (SSSR count). The van der Waals surface area contributed by atoms with E-state index in [1.807, 2.05) is 25.1 Å². The fourth-order valence-electron chi connectivity index (χ4n) is 1.82. The number of hydrazine groups is 1. The molecule has 2 N–H and O–H groups in total. The molecule has 18 heavy (non-hydrogen) atoms. The smallest absolute Gasteiger partial charge is 0.359 e. The number of hydrogen-bond acceptors (Lipinski definition) is 4. The van der Waals surface area contributed by atoms with Gasteiger partial charge in [-0.1, -0.05) is 12.1 Å². The first-order chi connectivity index (χ1) is 8.61. The molecule has 1 heterocycles. The number of carbonyl (C=O) groups excluding carboxylic acids is 1. The predicted molar refractivity (Wildman–Crippen MR) is 67.2 cm³/mol. The molecule has 0 saturated heterocycles. The molecular formula is C12H17N3O3. The van der Waals surface area contributed by atoms with E-state index >= 15 is 0 Å². The SMILES string of the molecule is CON(C)C(=O)NNc1cccc2c1OC(C)C2. The van der Waals surface area contributed by atoms with Crippen molar-refractivity contribution in [2.24, 2.45) is 0 Å². The van der Waals surface area contributed by atoms with Crippen LogP contribution in [0.2, 0.25) is 0 Å². The molecule has 0 spiro atoms. The van der Waals surface area contributed by atoms with Gasteiger partial charge >= 0.3 is 6.03 Å². The highest BCUT2D eigenvalue weighted by atomic mass is 16.7. The third-order valence-electron chi connectivity index (χ3n) is 2.79. The number of urea groups is 1. The highest BCUT2D eigenvalue weighted by Gasteiger charge is 2.22. The molecule has 0 fully saturated rings. The molecule has 0 saturated carbocycles. The number of carbonyl (C=O) groups is 1. The van der Waals surface area contributed by atoms with Gasteiger partial charge in [-0.2, -0.15) is 0 Å². The number of anilines is 1. The summed E-state index contributed by atoms with van der Waals surface area (Å²) >= 11 is 0. The van der Waals surface area contributed by atoms with E-state index in [2.05, 4.69) is 10.9 Å². The Morgan fingerprint density at radius 2 is 2.33 bits per heavy atom. The Morgan fingerprint density at radius 1 is 1.56 bits per heavy atom. The fraction of sp³-hybridized carbons (Fsp3) is 0.417. The Morgan fingerprint density at radius 3 is 3.06 bits per heavy atom. The Bertz CT molecular complexity index is 450. The first-order valence-electron chi connectivity index (χ1n) is 5.74. The summed E-state index contributed by atoms with van der Waals surface area (Å²) in [5, 5.41) is 1.08. The van der Waals surface area contributed by atoms with Crippen molar-refractivity contribution < 1.29 is 14.4 Å². The number of amides is 2. The van der Waals surface area contributed by atoms with Crippen LogP contribution in [0.15, 0.2) is 18.2 Å². The van der Waals surface area contributed by atoms with E-state index in [4.69, 9.17) is 9.57 Å². The zero-order valence-corrected chi connectivity index (χ0v) is 10.7. The number of nitrogens with one attached hydrogen (secondary N) is 2. The van der Waals surface area contributed by atoms with E-state index in [1.165, 1.54) is 14.2 Å². The molecule has 98 valence electrons. The van der Waals surface area contributed by atoms with Crippen LogP contribution >= 0.6 is 0 Å². The first-order valence-corrected chi connectivity index (χ1v) is 5.74. The quantitative estimate of drug-likeness (QED) is 0.800. The molecule has 0 aliphatic carbocycles. The topological polar surface area (TPSA) is 62.8 Å². The standard InChI is InChI=1S/C12H17N3O3/c1-8-7-9-5-4-6-10(11(9)18-8)13-14-12(16)15(2)17-3/h4-6,8,13H,7H2,1-3H3,(H,14,16). The summed E-state index contributed by atoms with van der Waals surface area (Å²) in [4.78, 5) is 16.3. The van der Waals surface area contributed by atoms with E-state index < -0.39 is 0 Å². The van der Waals surface area contributed by atoms with Gasteiger partial charge in [-0.3, -0.25) is 10.3 Å². The van der Waals surface area contributed by atoms with E-state index in [0.717, 1.165) is 28.5 Å². The summed E-state index contributed by atoms with van der Waals surface area (Å²) < 4.78 is 5.70. The van der Waals surface area contributed by atoms with Crippen molar-refractivity contribution in [1.29, 1.82) is 0 Å². The number of para-hydroxylation sites is 1. The maximum atomic E-state index is 11.5. The molecule has 2 amide bonds. The number of hydrogen-bond donors (Lipinski definition) is 2. The predicted octanol–water partition coefficient (Wildman–Crippen LogP) is 1.54. The third-order valence-corrected chi connectivity index (χ3v) is 2.79. The van der Waals surface area contributed by atoms with Crippen LogP contribution in [0.4, 0.5) is 10.5 Å². The minimum absolute atomic E-state index is 0.167.